The van der Waals surface area contributed by atoms with E-state index in [9.17, 15) is 33.9 Å². The lowest BCUT2D eigenvalue weighted by molar-refractivity contribution is -0.155. The third kappa shape index (κ3) is 11.3. The Kier molecular flexibility index (Phi) is 14.7. The fourth-order valence-electron chi connectivity index (χ4n) is 7.75. The van der Waals surface area contributed by atoms with Crippen molar-refractivity contribution in [1.82, 2.24) is 21.3 Å². The third-order valence-corrected chi connectivity index (χ3v) is 11.2. The first-order chi connectivity index (χ1) is 22.8. The van der Waals surface area contributed by atoms with E-state index in [1.807, 2.05) is 48.5 Å². The Labute approximate surface area is 301 Å². The molecule has 4 amide bonds. The quantitative estimate of drug-likeness (QED) is 0.144. The van der Waals surface area contributed by atoms with Gasteiger partial charge in [0.1, 0.15) is 11.8 Å². The number of rotatable bonds is 14. The molecule has 0 spiro atoms. The number of carboxylic acids is 1. The van der Waals surface area contributed by atoms with Crippen LogP contribution in [0.1, 0.15) is 147 Å². The lowest BCUT2D eigenvalue weighted by Crippen LogP contribution is -2.61. The van der Waals surface area contributed by atoms with Gasteiger partial charge in [0.25, 0.3) is 0 Å². The Morgan fingerprint density at radius 2 is 1.28 bits per heavy atom. The zero-order valence-electron chi connectivity index (χ0n) is 33.0. The third-order valence-electron chi connectivity index (χ3n) is 11.2. The van der Waals surface area contributed by atoms with Crippen LogP contribution in [0.15, 0.2) is 0 Å². The van der Waals surface area contributed by atoms with Crippen LogP contribution in [0.5, 0.6) is 0 Å². The van der Waals surface area contributed by atoms with Crippen LogP contribution >= 0.6 is 0 Å². The SMILES string of the molecule is CC[C@@H](NC(=O)[C@@H](NC(=O)[C@H](CC(=O)[C@@H](NC(=O)NC1C(C)CCCC1C)C(C)(C)C)CC(=O)C(C)(C)C)C1(C(=O)O)CCCC1)C(C)(C)C. The second kappa shape index (κ2) is 17.0. The molecule has 0 aromatic carbocycles. The van der Waals surface area contributed by atoms with Crippen molar-refractivity contribution >= 4 is 35.4 Å². The summed E-state index contributed by atoms with van der Waals surface area (Å²) < 4.78 is 0. The number of amides is 4. The van der Waals surface area contributed by atoms with E-state index < -0.39 is 63.8 Å². The Morgan fingerprint density at radius 3 is 1.72 bits per heavy atom. The van der Waals surface area contributed by atoms with Crippen LogP contribution in [0.2, 0.25) is 0 Å². The first-order valence-corrected chi connectivity index (χ1v) is 18.8. The number of urea groups is 1. The van der Waals surface area contributed by atoms with Gasteiger partial charge in [-0.3, -0.25) is 24.0 Å². The van der Waals surface area contributed by atoms with Crippen molar-refractivity contribution in [3.63, 3.8) is 0 Å². The summed E-state index contributed by atoms with van der Waals surface area (Å²) in [4.78, 5) is 82.0. The van der Waals surface area contributed by atoms with Crippen LogP contribution in [-0.4, -0.2) is 64.7 Å². The molecule has 0 aliphatic heterocycles. The maximum absolute atomic E-state index is 14.3. The number of carbonyl (C=O) groups excluding carboxylic acids is 5. The molecule has 2 rings (SSSR count). The van der Waals surface area contributed by atoms with E-state index in [1.165, 1.54) is 0 Å². The average molecular weight is 705 g/mol. The van der Waals surface area contributed by atoms with Crippen molar-refractivity contribution in [3.8, 4) is 0 Å². The molecular formula is C39H68N4O7. The van der Waals surface area contributed by atoms with E-state index in [2.05, 4.69) is 35.1 Å². The molecule has 2 unspecified atom stereocenters. The van der Waals surface area contributed by atoms with Crippen LogP contribution in [0.3, 0.4) is 0 Å². The largest absolute Gasteiger partial charge is 0.481 e. The molecule has 2 aliphatic rings. The summed E-state index contributed by atoms with van der Waals surface area (Å²) in [5, 5.41) is 22.2. The van der Waals surface area contributed by atoms with Gasteiger partial charge in [0, 0.05) is 30.3 Å². The minimum atomic E-state index is -1.53. The molecule has 11 heteroatoms. The zero-order valence-corrected chi connectivity index (χ0v) is 33.0. The maximum Gasteiger partial charge on any atom is 0.315 e. The Bertz CT molecular complexity index is 1230. The summed E-state index contributed by atoms with van der Waals surface area (Å²) in [5.41, 5.74) is -3.40. The molecular weight excluding hydrogens is 636 g/mol. The number of Topliss-reactive ketones (excluding diaryl/α,β-unsaturated/α-hetero) is 2. The van der Waals surface area contributed by atoms with Crippen molar-refractivity contribution in [2.75, 3.05) is 0 Å². The van der Waals surface area contributed by atoms with E-state index in [1.54, 1.807) is 20.8 Å². The van der Waals surface area contributed by atoms with Crippen molar-refractivity contribution < 1.29 is 33.9 Å². The molecule has 2 aliphatic carbocycles. The highest BCUT2D eigenvalue weighted by atomic mass is 16.4. The van der Waals surface area contributed by atoms with E-state index in [0.717, 1.165) is 19.3 Å². The molecule has 0 aromatic rings. The Hall–Kier alpha value is -2.98. The van der Waals surface area contributed by atoms with Crippen molar-refractivity contribution in [3.05, 3.63) is 0 Å². The van der Waals surface area contributed by atoms with Gasteiger partial charge in [-0.1, -0.05) is 102 Å². The predicted molar refractivity (Wildman–Crippen MR) is 195 cm³/mol. The molecule has 2 fully saturated rings. The molecule has 0 bridgehead atoms. The van der Waals surface area contributed by atoms with Crippen molar-refractivity contribution in [2.45, 2.75) is 171 Å². The summed E-state index contributed by atoms with van der Waals surface area (Å²) >= 11 is 0. The molecule has 0 saturated heterocycles. The maximum atomic E-state index is 14.3. The molecule has 5 N–H and O–H groups in total. The van der Waals surface area contributed by atoms with Gasteiger partial charge in [0.2, 0.25) is 11.8 Å². The standard InChI is InChI=1S/C39H68N4O7/c1-13-27(36(4,5)6)40-33(47)31(39(34(48)49)19-14-15-20-39)42-32(46)25(22-28(45)37(7,8)9)21-26(44)30(38(10,11)12)43-35(50)41-29-23(2)17-16-18-24(29)3/h23-25,27,29-31H,13-22H2,1-12H3,(H,40,47)(H,42,46)(H,48,49)(H2,41,43,50)/t23?,24?,25-,27-,29?,30-,31-/m1/s1. The van der Waals surface area contributed by atoms with Crippen molar-refractivity contribution in [1.29, 1.82) is 0 Å². The van der Waals surface area contributed by atoms with Crippen LogP contribution in [-0.2, 0) is 24.0 Å². The van der Waals surface area contributed by atoms with E-state index in [4.69, 9.17) is 0 Å². The first kappa shape index (κ1) is 43.2. The molecule has 286 valence electrons. The number of nitrogens with one attached hydrogen (secondary N) is 4. The lowest BCUT2D eigenvalue weighted by Gasteiger charge is -2.38. The van der Waals surface area contributed by atoms with Gasteiger partial charge >= 0.3 is 12.0 Å². The van der Waals surface area contributed by atoms with E-state index in [0.29, 0.717) is 31.1 Å². The number of ketones is 2. The van der Waals surface area contributed by atoms with Crippen LogP contribution < -0.4 is 21.3 Å². The number of aliphatic carboxylic acids is 1. The monoisotopic (exact) mass is 705 g/mol. The van der Waals surface area contributed by atoms with E-state index >= 15 is 0 Å². The summed E-state index contributed by atoms with van der Waals surface area (Å²) in [6.45, 7) is 22.8. The predicted octanol–water partition coefficient (Wildman–Crippen LogP) is 6.18. The lowest BCUT2D eigenvalue weighted by atomic mass is 9.76. The molecule has 50 heavy (non-hydrogen) atoms. The second-order valence-electron chi connectivity index (χ2n) is 18.5. The molecule has 2 saturated carbocycles. The summed E-state index contributed by atoms with van der Waals surface area (Å²) in [6.07, 6.45) is 4.66. The van der Waals surface area contributed by atoms with Gasteiger partial charge < -0.3 is 26.4 Å². The Balaban J connectivity index is 2.46. The van der Waals surface area contributed by atoms with E-state index in [-0.39, 0.29) is 49.0 Å². The zero-order chi connectivity index (χ0) is 38.4. The molecule has 0 radical (unpaired) electrons. The van der Waals surface area contributed by atoms with Gasteiger partial charge in [0.15, 0.2) is 5.78 Å². The summed E-state index contributed by atoms with van der Waals surface area (Å²) in [6, 6.07) is -3.16. The van der Waals surface area contributed by atoms with Gasteiger partial charge in [-0.25, -0.2) is 4.79 Å². The van der Waals surface area contributed by atoms with Gasteiger partial charge in [0.05, 0.1) is 17.4 Å². The number of carbonyl (C=O) groups is 6. The highest BCUT2D eigenvalue weighted by Gasteiger charge is 2.53. The topological polar surface area (TPSA) is 171 Å². The fourth-order valence-corrected chi connectivity index (χ4v) is 7.75. The minimum absolute atomic E-state index is 0.0341. The molecule has 0 heterocycles. The normalized spacial score (nSPS) is 23.5. The smallest absolute Gasteiger partial charge is 0.315 e. The summed E-state index contributed by atoms with van der Waals surface area (Å²) in [5.74, 6) is -3.76. The van der Waals surface area contributed by atoms with Crippen LogP contribution in [0.25, 0.3) is 0 Å². The van der Waals surface area contributed by atoms with Crippen LogP contribution in [0.4, 0.5) is 4.79 Å². The molecule has 6 atom stereocenters. The van der Waals surface area contributed by atoms with Gasteiger partial charge in [-0.05, 0) is 54.8 Å². The minimum Gasteiger partial charge on any atom is -0.481 e. The number of carboxylic acid groups (broad SMARTS) is 1. The molecule has 0 aromatic heterocycles. The fraction of sp³-hybridized carbons (Fsp3) is 0.846. The Morgan fingerprint density at radius 1 is 0.740 bits per heavy atom. The first-order valence-electron chi connectivity index (χ1n) is 18.8. The summed E-state index contributed by atoms with van der Waals surface area (Å²) in [7, 11) is 0. The van der Waals surface area contributed by atoms with Crippen LogP contribution in [0, 0.1) is 39.4 Å². The highest BCUT2D eigenvalue weighted by Crippen LogP contribution is 2.42. The number of hydrogen-bond donors (Lipinski definition) is 5. The van der Waals surface area contributed by atoms with Gasteiger partial charge in [-0.2, -0.15) is 0 Å². The second-order valence-corrected chi connectivity index (χ2v) is 18.5. The molecule has 11 nitrogen and oxygen atoms in total. The van der Waals surface area contributed by atoms with Crippen molar-refractivity contribution in [2.24, 2.45) is 39.4 Å². The highest BCUT2D eigenvalue weighted by molar-refractivity contribution is 5.98. The average Bonchev–Trinajstić information content (AvgIpc) is 3.48. The number of hydrogen-bond acceptors (Lipinski definition) is 6. The van der Waals surface area contributed by atoms with Gasteiger partial charge in [-0.15, -0.1) is 0 Å².